The number of amides is 1. The van der Waals surface area contributed by atoms with E-state index in [0.29, 0.717) is 5.92 Å². The first-order chi connectivity index (χ1) is 7.77. The van der Waals surface area contributed by atoms with Gasteiger partial charge >= 0.3 is 0 Å². The normalized spacial score (nSPS) is 22.7. The van der Waals surface area contributed by atoms with E-state index in [1.165, 1.54) is 12.8 Å². The van der Waals surface area contributed by atoms with Gasteiger partial charge in [0.15, 0.2) is 0 Å². The molecule has 0 unspecified atom stereocenters. The van der Waals surface area contributed by atoms with Crippen molar-refractivity contribution in [3.05, 3.63) is 0 Å². The second-order valence-corrected chi connectivity index (χ2v) is 4.95. The van der Waals surface area contributed by atoms with Gasteiger partial charge in [-0.15, -0.1) is 0 Å². The van der Waals surface area contributed by atoms with Crippen LogP contribution in [0, 0.1) is 17.2 Å². The number of rotatable bonds is 5. The Hall–Kier alpha value is -1.08. The molecule has 2 aliphatic carbocycles. The zero-order valence-corrected chi connectivity index (χ0v) is 9.59. The molecule has 2 rings (SSSR count). The largest absolute Gasteiger partial charge is 0.354 e. The van der Waals surface area contributed by atoms with Gasteiger partial charge in [-0.25, -0.2) is 0 Å². The van der Waals surface area contributed by atoms with Crippen LogP contribution < -0.4 is 10.6 Å². The van der Waals surface area contributed by atoms with Gasteiger partial charge in [0, 0.05) is 6.54 Å². The molecule has 2 N–H and O–H groups in total. The van der Waals surface area contributed by atoms with E-state index < -0.39 is 5.54 Å². The third-order valence-electron chi connectivity index (χ3n) is 3.65. The fourth-order valence-electron chi connectivity index (χ4n) is 2.40. The monoisotopic (exact) mass is 221 g/mol. The van der Waals surface area contributed by atoms with E-state index in [2.05, 4.69) is 16.7 Å². The summed E-state index contributed by atoms with van der Waals surface area (Å²) in [6, 6.07) is 2.06. The number of nitrogens with zero attached hydrogens (tertiary/aromatic N) is 1. The van der Waals surface area contributed by atoms with Crippen molar-refractivity contribution in [2.75, 3.05) is 13.1 Å². The first-order valence-corrected chi connectivity index (χ1v) is 6.17. The van der Waals surface area contributed by atoms with Crippen molar-refractivity contribution < 1.29 is 4.79 Å². The van der Waals surface area contributed by atoms with Gasteiger partial charge in [0.05, 0.1) is 18.2 Å². The molecule has 4 heteroatoms. The molecular formula is C12H19N3O. The summed E-state index contributed by atoms with van der Waals surface area (Å²) >= 11 is 0. The molecule has 2 saturated carbocycles. The highest BCUT2D eigenvalue weighted by atomic mass is 16.2. The molecule has 4 nitrogen and oxygen atoms in total. The molecule has 0 atom stereocenters. The van der Waals surface area contributed by atoms with Crippen molar-refractivity contribution in [2.24, 2.45) is 5.92 Å². The quantitative estimate of drug-likeness (QED) is 0.679. The van der Waals surface area contributed by atoms with Gasteiger partial charge in [-0.1, -0.05) is 12.8 Å². The molecule has 0 aliphatic heterocycles. The number of nitriles is 1. The van der Waals surface area contributed by atoms with Gasteiger partial charge in [0.2, 0.25) is 5.91 Å². The van der Waals surface area contributed by atoms with Crippen molar-refractivity contribution in [2.45, 2.75) is 44.1 Å². The fraction of sp³-hybridized carbons (Fsp3) is 0.833. The van der Waals surface area contributed by atoms with E-state index in [4.69, 9.17) is 5.26 Å². The zero-order valence-electron chi connectivity index (χ0n) is 9.59. The van der Waals surface area contributed by atoms with E-state index in [1.807, 2.05) is 0 Å². The molecule has 16 heavy (non-hydrogen) atoms. The average Bonchev–Trinajstić information content (AvgIpc) is 3.00. The van der Waals surface area contributed by atoms with Crippen LogP contribution in [-0.4, -0.2) is 24.5 Å². The molecule has 2 aliphatic rings. The summed E-state index contributed by atoms with van der Waals surface area (Å²) in [5.74, 6) is 0.811. The van der Waals surface area contributed by atoms with E-state index in [0.717, 1.165) is 32.2 Å². The summed E-state index contributed by atoms with van der Waals surface area (Å²) in [7, 11) is 0. The Morgan fingerprint density at radius 3 is 2.62 bits per heavy atom. The SMILES string of the molecule is N#CCNC1(C(=O)NCC2CC2)CCCC1. The van der Waals surface area contributed by atoms with Crippen molar-refractivity contribution in [1.82, 2.24) is 10.6 Å². The third kappa shape index (κ3) is 2.53. The smallest absolute Gasteiger partial charge is 0.240 e. The second kappa shape index (κ2) is 4.84. The van der Waals surface area contributed by atoms with Crippen LogP contribution in [-0.2, 0) is 4.79 Å². The summed E-state index contributed by atoms with van der Waals surface area (Å²) in [6.45, 7) is 1.08. The Balaban J connectivity index is 1.88. The summed E-state index contributed by atoms with van der Waals surface area (Å²) in [5, 5.41) is 14.7. The molecule has 0 spiro atoms. The van der Waals surface area contributed by atoms with Crippen LogP contribution in [0.25, 0.3) is 0 Å². The summed E-state index contributed by atoms with van der Waals surface area (Å²) in [6.07, 6.45) is 6.39. The maximum Gasteiger partial charge on any atom is 0.240 e. The van der Waals surface area contributed by atoms with Gasteiger partial charge in [0.25, 0.3) is 0 Å². The van der Waals surface area contributed by atoms with Crippen LogP contribution in [0.5, 0.6) is 0 Å². The molecular weight excluding hydrogens is 202 g/mol. The number of carbonyl (C=O) groups is 1. The minimum Gasteiger partial charge on any atom is -0.354 e. The predicted octanol–water partition coefficient (Wildman–Crippen LogP) is 0.939. The van der Waals surface area contributed by atoms with Crippen LogP contribution >= 0.6 is 0 Å². The van der Waals surface area contributed by atoms with Crippen molar-refractivity contribution in [1.29, 1.82) is 5.26 Å². The predicted molar refractivity (Wildman–Crippen MR) is 60.5 cm³/mol. The average molecular weight is 221 g/mol. The highest BCUT2D eigenvalue weighted by Gasteiger charge is 2.40. The van der Waals surface area contributed by atoms with Crippen LogP contribution in [0.3, 0.4) is 0 Å². The molecule has 0 radical (unpaired) electrons. The highest BCUT2D eigenvalue weighted by molar-refractivity contribution is 5.86. The van der Waals surface area contributed by atoms with Gasteiger partial charge in [-0.3, -0.25) is 10.1 Å². The molecule has 0 saturated heterocycles. The minimum atomic E-state index is -0.454. The van der Waals surface area contributed by atoms with Crippen molar-refractivity contribution in [3.8, 4) is 6.07 Å². The highest BCUT2D eigenvalue weighted by Crippen LogP contribution is 2.31. The zero-order chi connectivity index (χ0) is 11.4. The van der Waals surface area contributed by atoms with Crippen molar-refractivity contribution >= 4 is 5.91 Å². The third-order valence-corrected chi connectivity index (χ3v) is 3.65. The molecule has 0 aromatic rings. The van der Waals surface area contributed by atoms with Crippen molar-refractivity contribution in [3.63, 3.8) is 0 Å². The Morgan fingerprint density at radius 1 is 1.38 bits per heavy atom. The lowest BCUT2D eigenvalue weighted by Gasteiger charge is -2.28. The molecule has 1 amide bonds. The van der Waals surface area contributed by atoms with Gasteiger partial charge < -0.3 is 5.32 Å². The van der Waals surface area contributed by atoms with Gasteiger partial charge in [0.1, 0.15) is 0 Å². The van der Waals surface area contributed by atoms with Crippen LogP contribution in [0.15, 0.2) is 0 Å². The molecule has 2 fully saturated rings. The van der Waals surface area contributed by atoms with Crippen LogP contribution in [0.1, 0.15) is 38.5 Å². The Labute approximate surface area is 96.4 Å². The first-order valence-electron chi connectivity index (χ1n) is 6.17. The lowest BCUT2D eigenvalue weighted by atomic mass is 9.96. The lowest BCUT2D eigenvalue weighted by Crippen LogP contribution is -2.55. The maximum absolute atomic E-state index is 12.1. The van der Waals surface area contributed by atoms with Gasteiger partial charge in [-0.05, 0) is 31.6 Å². The Morgan fingerprint density at radius 2 is 2.06 bits per heavy atom. The second-order valence-electron chi connectivity index (χ2n) is 4.95. The number of hydrogen-bond acceptors (Lipinski definition) is 3. The standard InChI is InChI=1S/C12H19N3O/c13-7-8-15-12(5-1-2-6-12)11(16)14-9-10-3-4-10/h10,15H,1-6,8-9H2,(H,14,16). The Bertz CT molecular complexity index is 298. The fourth-order valence-corrected chi connectivity index (χ4v) is 2.40. The Kier molecular flexibility index (Phi) is 3.45. The molecule has 0 bridgehead atoms. The molecule has 0 aromatic carbocycles. The van der Waals surface area contributed by atoms with E-state index >= 15 is 0 Å². The number of nitrogens with one attached hydrogen (secondary N) is 2. The lowest BCUT2D eigenvalue weighted by molar-refractivity contribution is -0.127. The first kappa shape index (κ1) is 11.4. The number of carbonyl (C=O) groups excluding carboxylic acids is 1. The minimum absolute atomic E-state index is 0.104. The van der Waals surface area contributed by atoms with E-state index in [9.17, 15) is 4.79 Å². The molecule has 88 valence electrons. The van der Waals surface area contributed by atoms with E-state index in [1.54, 1.807) is 0 Å². The summed E-state index contributed by atoms with van der Waals surface area (Å²) in [5.41, 5.74) is -0.454. The number of hydrogen-bond donors (Lipinski definition) is 2. The van der Waals surface area contributed by atoms with Gasteiger partial charge in [-0.2, -0.15) is 5.26 Å². The topological polar surface area (TPSA) is 64.9 Å². The maximum atomic E-state index is 12.1. The molecule has 0 heterocycles. The summed E-state index contributed by atoms with van der Waals surface area (Å²) in [4.78, 5) is 12.1. The summed E-state index contributed by atoms with van der Waals surface area (Å²) < 4.78 is 0. The van der Waals surface area contributed by atoms with Crippen LogP contribution in [0.2, 0.25) is 0 Å². The van der Waals surface area contributed by atoms with E-state index in [-0.39, 0.29) is 12.5 Å². The van der Waals surface area contributed by atoms with Crippen LogP contribution in [0.4, 0.5) is 0 Å². The molecule has 0 aromatic heterocycles.